The van der Waals surface area contributed by atoms with Gasteiger partial charge in [0.2, 0.25) is 0 Å². The Morgan fingerprint density at radius 1 is 1.30 bits per heavy atom. The van der Waals surface area contributed by atoms with Gasteiger partial charge in [0.15, 0.2) is 5.78 Å². The van der Waals surface area contributed by atoms with Gasteiger partial charge in [-0.1, -0.05) is 13.0 Å². The van der Waals surface area contributed by atoms with Crippen molar-refractivity contribution >= 4 is 35.2 Å². The predicted molar refractivity (Wildman–Crippen MR) is 105 cm³/mol. The number of hydrogen-bond acceptors (Lipinski definition) is 6. The van der Waals surface area contributed by atoms with Gasteiger partial charge in [-0.05, 0) is 51.1 Å². The third-order valence-corrected chi connectivity index (χ3v) is 5.17. The van der Waals surface area contributed by atoms with Crippen LogP contribution in [0.3, 0.4) is 0 Å². The number of carbonyl (C=O) groups excluding carboxylic acids is 3. The summed E-state index contributed by atoms with van der Waals surface area (Å²) in [5.74, 6) is -2.78. The predicted octanol–water partition coefficient (Wildman–Crippen LogP) is 3.13. The normalized spacial score (nSPS) is 16.8. The van der Waals surface area contributed by atoms with E-state index in [9.17, 15) is 19.5 Å². The number of aliphatic hydroxyl groups excluding tert-OH is 1. The molecule has 1 aromatic rings. The molecule has 1 amide bonds. The van der Waals surface area contributed by atoms with Crippen molar-refractivity contribution in [1.29, 1.82) is 0 Å². The average Bonchev–Trinajstić information content (AvgIpc) is 2.56. The van der Waals surface area contributed by atoms with Crippen LogP contribution in [-0.4, -0.2) is 41.2 Å². The first kappa shape index (κ1) is 21.0. The lowest BCUT2D eigenvalue weighted by Crippen LogP contribution is -2.38. The molecule has 0 radical (unpaired) electrons. The molecule has 6 nitrogen and oxygen atoms in total. The van der Waals surface area contributed by atoms with Gasteiger partial charge in [-0.15, -0.1) is 11.8 Å². The van der Waals surface area contributed by atoms with Crippen LogP contribution in [-0.2, 0) is 19.1 Å². The van der Waals surface area contributed by atoms with Crippen LogP contribution in [0.25, 0.3) is 5.76 Å². The zero-order valence-corrected chi connectivity index (χ0v) is 17.2. The molecular formula is C20H25NO5S. The van der Waals surface area contributed by atoms with Crippen molar-refractivity contribution in [3.8, 4) is 0 Å². The van der Waals surface area contributed by atoms with E-state index in [1.54, 1.807) is 27.7 Å². The summed E-state index contributed by atoms with van der Waals surface area (Å²) >= 11 is 1.52. The van der Waals surface area contributed by atoms with E-state index in [0.29, 0.717) is 11.1 Å². The lowest BCUT2D eigenvalue weighted by Gasteiger charge is -2.26. The quantitative estimate of drug-likeness (QED) is 0.465. The molecule has 0 aromatic heterocycles. The van der Waals surface area contributed by atoms with E-state index in [2.05, 4.69) is 5.32 Å². The standard InChI is InChI=1S/C20H25NO5S/c1-10-12-7-8-13(27-6)11(2)15(12)18(24)16(17(10)23)19(25)21-9-14(22)26-20(3,4)5/h7-8,10,24H,9H2,1-6H3,(H,21,25). The van der Waals surface area contributed by atoms with Crippen LogP contribution in [0, 0.1) is 6.92 Å². The number of Topliss-reactive ketones (excluding diaryl/α,β-unsaturated/α-hetero) is 1. The summed E-state index contributed by atoms with van der Waals surface area (Å²) in [6, 6.07) is 3.71. The van der Waals surface area contributed by atoms with Gasteiger partial charge in [0, 0.05) is 16.4 Å². The van der Waals surface area contributed by atoms with Crippen LogP contribution in [0.15, 0.2) is 22.6 Å². The van der Waals surface area contributed by atoms with Crippen molar-refractivity contribution in [1.82, 2.24) is 5.32 Å². The number of ether oxygens (including phenoxy) is 1. The lowest BCUT2D eigenvalue weighted by molar-refractivity contribution is -0.154. The van der Waals surface area contributed by atoms with Gasteiger partial charge in [0.05, 0.1) is 0 Å². The molecule has 0 heterocycles. The Hall–Kier alpha value is -2.28. The van der Waals surface area contributed by atoms with Gasteiger partial charge in [-0.3, -0.25) is 14.4 Å². The Kier molecular flexibility index (Phi) is 6.04. The fraction of sp³-hybridized carbons (Fsp3) is 0.450. The van der Waals surface area contributed by atoms with Crippen molar-refractivity contribution in [3.63, 3.8) is 0 Å². The fourth-order valence-electron chi connectivity index (χ4n) is 3.05. The zero-order chi connectivity index (χ0) is 20.5. The number of rotatable bonds is 4. The summed E-state index contributed by atoms with van der Waals surface area (Å²) in [5, 5.41) is 13.1. The number of hydrogen-bond donors (Lipinski definition) is 2. The topological polar surface area (TPSA) is 92.7 Å². The monoisotopic (exact) mass is 391 g/mol. The number of thioether (sulfide) groups is 1. The van der Waals surface area contributed by atoms with E-state index >= 15 is 0 Å². The van der Waals surface area contributed by atoms with Gasteiger partial charge in [0.1, 0.15) is 23.5 Å². The largest absolute Gasteiger partial charge is 0.506 e. The van der Waals surface area contributed by atoms with Crippen LogP contribution in [0.2, 0.25) is 0 Å². The Labute approximate surface area is 163 Å². The van der Waals surface area contributed by atoms with Crippen molar-refractivity contribution in [3.05, 3.63) is 34.4 Å². The van der Waals surface area contributed by atoms with E-state index in [4.69, 9.17) is 4.74 Å². The molecule has 7 heteroatoms. The molecule has 1 aromatic carbocycles. The summed E-state index contributed by atoms with van der Waals surface area (Å²) in [6.07, 6.45) is 1.92. The average molecular weight is 391 g/mol. The Morgan fingerprint density at radius 2 is 1.93 bits per heavy atom. The number of aliphatic hydroxyl groups is 1. The molecule has 146 valence electrons. The van der Waals surface area contributed by atoms with Crippen molar-refractivity contribution in [2.24, 2.45) is 0 Å². The maximum Gasteiger partial charge on any atom is 0.325 e. The van der Waals surface area contributed by atoms with E-state index in [1.807, 2.05) is 25.3 Å². The van der Waals surface area contributed by atoms with E-state index < -0.39 is 29.2 Å². The van der Waals surface area contributed by atoms with Crippen molar-refractivity contribution in [2.75, 3.05) is 12.8 Å². The SMILES string of the molecule is CSc1ccc2c(c1C)C(O)=C(C(=O)NCC(=O)OC(C)(C)C)C(=O)C2C. The van der Waals surface area contributed by atoms with Crippen LogP contribution in [0.1, 0.15) is 50.3 Å². The molecule has 27 heavy (non-hydrogen) atoms. The van der Waals surface area contributed by atoms with Gasteiger partial charge in [-0.25, -0.2) is 0 Å². The minimum absolute atomic E-state index is 0.320. The Morgan fingerprint density at radius 3 is 2.48 bits per heavy atom. The number of ketones is 1. The summed E-state index contributed by atoms with van der Waals surface area (Å²) in [5.41, 5.74) is 1.02. The molecule has 1 aliphatic carbocycles. The third-order valence-electron chi connectivity index (χ3n) is 4.29. The van der Waals surface area contributed by atoms with Crippen LogP contribution >= 0.6 is 11.8 Å². The molecule has 1 unspecified atom stereocenters. The first-order valence-electron chi connectivity index (χ1n) is 8.63. The van der Waals surface area contributed by atoms with Crippen LogP contribution in [0.4, 0.5) is 0 Å². The van der Waals surface area contributed by atoms with E-state index in [1.165, 1.54) is 11.8 Å². The zero-order valence-electron chi connectivity index (χ0n) is 16.4. The van der Waals surface area contributed by atoms with Crippen molar-refractivity contribution < 1.29 is 24.2 Å². The maximum absolute atomic E-state index is 12.7. The number of fused-ring (bicyclic) bond motifs is 1. The molecule has 2 N–H and O–H groups in total. The fourth-order valence-corrected chi connectivity index (χ4v) is 3.66. The third kappa shape index (κ3) is 4.35. The van der Waals surface area contributed by atoms with Crippen LogP contribution < -0.4 is 5.32 Å². The molecule has 1 aliphatic rings. The highest BCUT2D eigenvalue weighted by molar-refractivity contribution is 7.98. The number of carbonyl (C=O) groups is 3. The minimum Gasteiger partial charge on any atom is -0.506 e. The molecule has 0 fully saturated rings. The summed E-state index contributed by atoms with van der Waals surface area (Å²) < 4.78 is 5.14. The van der Waals surface area contributed by atoms with E-state index in [-0.39, 0.29) is 17.9 Å². The highest BCUT2D eigenvalue weighted by atomic mass is 32.2. The van der Waals surface area contributed by atoms with Gasteiger partial charge < -0.3 is 15.2 Å². The van der Waals surface area contributed by atoms with Crippen LogP contribution in [0.5, 0.6) is 0 Å². The second-order valence-electron chi connectivity index (χ2n) is 7.44. The first-order chi connectivity index (χ1) is 12.5. The number of esters is 1. The second-order valence-corrected chi connectivity index (χ2v) is 8.28. The van der Waals surface area contributed by atoms with Gasteiger partial charge in [-0.2, -0.15) is 0 Å². The summed E-state index contributed by atoms with van der Waals surface area (Å²) in [6.45, 7) is 8.32. The Balaban J connectivity index is 2.35. The highest BCUT2D eigenvalue weighted by Gasteiger charge is 2.36. The molecule has 0 saturated carbocycles. The Bertz CT molecular complexity index is 836. The second kappa shape index (κ2) is 7.76. The highest BCUT2D eigenvalue weighted by Crippen LogP contribution is 2.39. The molecule has 0 bridgehead atoms. The minimum atomic E-state index is -0.783. The first-order valence-corrected chi connectivity index (χ1v) is 9.85. The molecule has 0 saturated heterocycles. The summed E-state index contributed by atoms with van der Waals surface area (Å²) in [7, 11) is 0. The molecular weight excluding hydrogens is 366 g/mol. The van der Waals surface area contributed by atoms with Gasteiger partial charge >= 0.3 is 5.97 Å². The summed E-state index contributed by atoms with van der Waals surface area (Å²) in [4.78, 5) is 38.0. The molecule has 0 aliphatic heterocycles. The van der Waals surface area contributed by atoms with E-state index in [0.717, 1.165) is 10.5 Å². The number of benzene rings is 1. The number of amides is 1. The number of nitrogens with one attached hydrogen (secondary N) is 1. The molecule has 2 rings (SSSR count). The smallest absolute Gasteiger partial charge is 0.325 e. The molecule has 0 spiro atoms. The molecule has 1 atom stereocenters. The lowest BCUT2D eigenvalue weighted by atomic mass is 9.80. The maximum atomic E-state index is 12.7. The van der Waals surface area contributed by atoms with Gasteiger partial charge in [0.25, 0.3) is 5.91 Å². The van der Waals surface area contributed by atoms with Crippen molar-refractivity contribution in [2.45, 2.75) is 51.0 Å².